The van der Waals surface area contributed by atoms with Gasteiger partial charge in [0, 0.05) is 31.7 Å². The van der Waals surface area contributed by atoms with E-state index in [0.717, 1.165) is 13.0 Å². The minimum Gasteiger partial charge on any atom is -0.481 e. The van der Waals surface area contributed by atoms with Crippen LogP contribution in [0.5, 0.6) is 0 Å². The number of urea groups is 1. The molecule has 0 saturated heterocycles. The zero-order chi connectivity index (χ0) is 15.6. The Morgan fingerprint density at radius 3 is 2.50 bits per heavy atom. The molecule has 0 saturated carbocycles. The molecule has 0 aromatic heterocycles. The highest BCUT2D eigenvalue weighted by atomic mass is 16.5. The van der Waals surface area contributed by atoms with Gasteiger partial charge >= 0.3 is 12.0 Å². The van der Waals surface area contributed by atoms with Crippen molar-refractivity contribution in [3.63, 3.8) is 0 Å². The first-order valence-corrected chi connectivity index (χ1v) is 7.08. The van der Waals surface area contributed by atoms with Gasteiger partial charge in [0.2, 0.25) is 0 Å². The van der Waals surface area contributed by atoms with Gasteiger partial charge in [-0.25, -0.2) is 4.79 Å². The fourth-order valence-corrected chi connectivity index (χ4v) is 1.53. The van der Waals surface area contributed by atoms with E-state index >= 15 is 0 Å². The second kappa shape index (κ2) is 9.58. The molecule has 0 aliphatic carbocycles. The number of carboxylic acids is 1. The molecule has 0 heterocycles. The Balaban J connectivity index is 3.69. The third kappa shape index (κ3) is 11.8. The summed E-state index contributed by atoms with van der Waals surface area (Å²) in [5, 5.41) is 14.1. The number of hydrogen-bond donors (Lipinski definition) is 3. The van der Waals surface area contributed by atoms with Crippen LogP contribution in [0.3, 0.4) is 0 Å². The lowest BCUT2D eigenvalue weighted by Gasteiger charge is -2.25. The average molecular weight is 288 g/mol. The molecule has 0 fully saturated rings. The highest BCUT2D eigenvalue weighted by Gasteiger charge is 2.21. The van der Waals surface area contributed by atoms with Crippen LogP contribution in [0, 0.1) is 5.92 Å². The van der Waals surface area contributed by atoms with Crippen LogP contribution >= 0.6 is 0 Å². The molecule has 2 amide bonds. The second-order valence-electron chi connectivity index (χ2n) is 5.98. The van der Waals surface area contributed by atoms with Crippen molar-refractivity contribution in [2.24, 2.45) is 5.92 Å². The molecule has 0 radical (unpaired) electrons. The van der Waals surface area contributed by atoms with Crippen molar-refractivity contribution >= 4 is 12.0 Å². The number of rotatable bonds is 10. The summed E-state index contributed by atoms with van der Waals surface area (Å²) in [6.45, 7) is 9.69. The van der Waals surface area contributed by atoms with E-state index in [4.69, 9.17) is 9.84 Å². The van der Waals surface area contributed by atoms with Gasteiger partial charge in [-0.05, 0) is 32.6 Å². The van der Waals surface area contributed by atoms with Crippen LogP contribution in [0.25, 0.3) is 0 Å². The number of carboxylic acid groups (broad SMARTS) is 1. The van der Waals surface area contributed by atoms with Crippen molar-refractivity contribution in [3.8, 4) is 0 Å². The Labute approximate surface area is 121 Å². The molecule has 0 aromatic carbocycles. The standard InChI is InChI=1S/C14H28N2O4/c1-11(2)10-20-9-5-8-15-13(19)16-14(3,4)7-6-12(17)18/h11H,5-10H2,1-4H3,(H,17,18)(H2,15,16,19). The summed E-state index contributed by atoms with van der Waals surface area (Å²) < 4.78 is 5.41. The molecule has 6 nitrogen and oxygen atoms in total. The van der Waals surface area contributed by atoms with Gasteiger partial charge in [-0.1, -0.05) is 13.8 Å². The third-order valence-electron chi connectivity index (χ3n) is 2.62. The molecular formula is C14H28N2O4. The Bertz CT molecular complexity index is 304. The normalized spacial score (nSPS) is 11.4. The van der Waals surface area contributed by atoms with Crippen LogP contribution in [0.2, 0.25) is 0 Å². The van der Waals surface area contributed by atoms with Crippen LogP contribution in [0.1, 0.15) is 47.0 Å². The maximum absolute atomic E-state index is 11.6. The molecule has 0 bridgehead atoms. The summed E-state index contributed by atoms with van der Waals surface area (Å²) in [5.74, 6) is -0.344. The molecule has 0 spiro atoms. The van der Waals surface area contributed by atoms with Crippen molar-refractivity contribution in [2.75, 3.05) is 19.8 Å². The topological polar surface area (TPSA) is 87.7 Å². The molecule has 118 valence electrons. The molecule has 0 unspecified atom stereocenters. The van der Waals surface area contributed by atoms with Gasteiger partial charge in [0.05, 0.1) is 0 Å². The number of nitrogens with one attached hydrogen (secondary N) is 2. The Hall–Kier alpha value is -1.30. The summed E-state index contributed by atoms with van der Waals surface area (Å²) in [6.07, 6.45) is 1.19. The van der Waals surface area contributed by atoms with Gasteiger partial charge < -0.3 is 20.5 Å². The summed E-state index contributed by atoms with van der Waals surface area (Å²) in [7, 11) is 0. The number of amides is 2. The molecule has 0 rings (SSSR count). The monoisotopic (exact) mass is 288 g/mol. The maximum Gasteiger partial charge on any atom is 0.315 e. The molecule has 20 heavy (non-hydrogen) atoms. The Morgan fingerprint density at radius 2 is 1.95 bits per heavy atom. The van der Waals surface area contributed by atoms with Crippen LogP contribution < -0.4 is 10.6 Å². The quantitative estimate of drug-likeness (QED) is 0.536. The van der Waals surface area contributed by atoms with Gasteiger partial charge in [-0.15, -0.1) is 0 Å². The van der Waals surface area contributed by atoms with Crippen LogP contribution in [0.4, 0.5) is 4.79 Å². The lowest BCUT2D eigenvalue weighted by atomic mass is 9.99. The zero-order valence-electron chi connectivity index (χ0n) is 13.0. The number of hydrogen-bond acceptors (Lipinski definition) is 3. The van der Waals surface area contributed by atoms with Crippen molar-refractivity contribution in [1.82, 2.24) is 10.6 Å². The number of carbonyl (C=O) groups is 2. The Morgan fingerprint density at radius 1 is 1.30 bits per heavy atom. The molecule has 6 heteroatoms. The van der Waals surface area contributed by atoms with E-state index < -0.39 is 11.5 Å². The first-order valence-electron chi connectivity index (χ1n) is 7.08. The summed E-state index contributed by atoms with van der Waals surface area (Å²) in [6, 6.07) is -0.274. The van der Waals surface area contributed by atoms with Crippen molar-refractivity contribution in [3.05, 3.63) is 0 Å². The predicted octanol–water partition coefficient (Wildman–Crippen LogP) is 1.99. The SMILES string of the molecule is CC(C)COCCCNC(=O)NC(C)(C)CCC(=O)O. The molecule has 0 aliphatic heterocycles. The number of aliphatic carboxylic acids is 1. The maximum atomic E-state index is 11.6. The van der Waals surface area contributed by atoms with E-state index in [2.05, 4.69) is 24.5 Å². The van der Waals surface area contributed by atoms with E-state index in [1.165, 1.54) is 0 Å². The fraction of sp³-hybridized carbons (Fsp3) is 0.857. The Kier molecular flexibility index (Phi) is 8.96. The lowest BCUT2D eigenvalue weighted by Crippen LogP contribution is -2.48. The first-order chi connectivity index (χ1) is 9.23. The van der Waals surface area contributed by atoms with E-state index in [1.807, 2.05) is 0 Å². The number of carbonyl (C=O) groups excluding carboxylic acids is 1. The molecule has 0 aromatic rings. The number of ether oxygens (including phenoxy) is 1. The van der Waals surface area contributed by atoms with Crippen molar-refractivity contribution < 1.29 is 19.4 Å². The minimum absolute atomic E-state index is 0.0380. The summed E-state index contributed by atoms with van der Waals surface area (Å²) >= 11 is 0. The van der Waals surface area contributed by atoms with Crippen LogP contribution in [-0.4, -0.2) is 42.4 Å². The van der Waals surface area contributed by atoms with Gasteiger partial charge in [-0.2, -0.15) is 0 Å². The van der Waals surface area contributed by atoms with Crippen LogP contribution in [0.15, 0.2) is 0 Å². The van der Waals surface area contributed by atoms with Gasteiger partial charge in [0.1, 0.15) is 0 Å². The molecule has 0 atom stereocenters. The van der Waals surface area contributed by atoms with E-state index in [0.29, 0.717) is 25.5 Å². The second-order valence-corrected chi connectivity index (χ2v) is 5.98. The minimum atomic E-state index is -0.859. The average Bonchev–Trinajstić information content (AvgIpc) is 2.30. The lowest BCUT2D eigenvalue weighted by molar-refractivity contribution is -0.137. The van der Waals surface area contributed by atoms with E-state index in [9.17, 15) is 9.59 Å². The smallest absolute Gasteiger partial charge is 0.315 e. The largest absolute Gasteiger partial charge is 0.481 e. The zero-order valence-corrected chi connectivity index (χ0v) is 13.0. The van der Waals surface area contributed by atoms with Crippen molar-refractivity contribution in [2.45, 2.75) is 52.5 Å². The predicted molar refractivity (Wildman–Crippen MR) is 77.8 cm³/mol. The molecular weight excluding hydrogens is 260 g/mol. The first kappa shape index (κ1) is 18.7. The third-order valence-corrected chi connectivity index (χ3v) is 2.62. The fourth-order valence-electron chi connectivity index (χ4n) is 1.53. The van der Waals surface area contributed by atoms with Crippen LogP contribution in [-0.2, 0) is 9.53 Å². The summed E-state index contributed by atoms with van der Waals surface area (Å²) in [5.41, 5.74) is -0.531. The van der Waals surface area contributed by atoms with E-state index in [1.54, 1.807) is 13.8 Å². The van der Waals surface area contributed by atoms with Gasteiger partial charge in [-0.3, -0.25) is 4.79 Å². The van der Waals surface area contributed by atoms with Gasteiger partial charge in [0.25, 0.3) is 0 Å². The van der Waals surface area contributed by atoms with Crippen molar-refractivity contribution in [1.29, 1.82) is 0 Å². The molecule has 3 N–H and O–H groups in total. The summed E-state index contributed by atoms with van der Waals surface area (Å²) in [4.78, 5) is 22.1. The van der Waals surface area contributed by atoms with E-state index in [-0.39, 0.29) is 12.5 Å². The highest BCUT2D eigenvalue weighted by Crippen LogP contribution is 2.10. The highest BCUT2D eigenvalue weighted by molar-refractivity contribution is 5.74. The van der Waals surface area contributed by atoms with Gasteiger partial charge in [0.15, 0.2) is 0 Å². The molecule has 0 aliphatic rings.